The Morgan fingerprint density at radius 2 is 1.19 bits per heavy atom. The molecule has 0 N–H and O–H groups in total. The van der Waals surface area contributed by atoms with E-state index in [2.05, 4.69) is 54.0 Å². The summed E-state index contributed by atoms with van der Waals surface area (Å²) in [6.07, 6.45) is 3.59. The van der Waals surface area contributed by atoms with E-state index >= 15 is 0 Å². The zero-order valence-electron chi connectivity index (χ0n) is 8.11. The Kier molecular flexibility index (Phi) is 2.41. The van der Waals surface area contributed by atoms with Crippen LogP contribution in [0.1, 0.15) is 0 Å². The van der Waals surface area contributed by atoms with Crippen molar-refractivity contribution in [3.8, 4) is 0 Å². The third-order valence-electron chi connectivity index (χ3n) is 2.43. The monoisotopic (exact) mass is 336 g/mol. The minimum absolute atomic E-state index is 0.938. The Labute approximate surface area is 109 Å². The molecule has 0 unspecified atom stereocenters. The third-order valence-corrected chi connectivity index (χ3v) is 3.30. The molecule has 16 heavy (non-hydrogen) atoms. The van der Waals surface area contributed by atoms with Crippen LogP contribution in [0.25, 0.3) is 21.8 Å². The molecule has 2 aromatic heterocycles. The second kappa shape index (κ2) is 3.79. The van der Waals surface area contributed by atoms with Crippen molar-refractivity contribution in [1.82, 2.24) is 9.97 Å². The van der Waals surface area contributed by atoms with Gasteiger partial charge < -0.3 is 0 Å². The molecule has 0 aliphatic heterocycles. The van der Waals surface area contributed by atoms with Crippen molar-refractivity contribution in [2.24, 2.45) is 0 Å². The lowest BCUT2D eigenvalue weighted by Crippen LogP contribution is -1.85. The maximum Gasteiger partial charge on any atom is 0.0965 e. The van der Waals surface area contributed by atoms with Crippen LogP contribution in [0.2, 0.25) is 0 Å². The molecule has 0 atom stereocenters. The van der Waals surface area contributed by atoms with Crippen LogP contribution >= 0.6 is 31.9 Å². The number of aromatic nitrogens is 2. The maximum atomic E-state index is 4.41. The first-order chi connectivity index (χ1) is 7.74. The van der Waals surface area contributed by atoms with Gasteiger partial charge in [0.05, 0.1) is 11.0 Å². The molecule has 0 aliphatic carbocycles. The first kappa shape index (κ1) is 10.2. The molecule has 0 radical (unpaired) electrons. The number of nitrogens with zero attached hydrogens (tertiary/aromatic N) is 2. The van der Waals surface area contributed by atoms with E-state index in [0.29, 0.717) is 0 Å². The zero-order chi connectivity index (χ0) is 11.1. The first-order valence-electron chi connectivity index (χ1n) is 4.73. The SMILES string of the molecule is Brc1cnc2c(ccc3cc(Br)cnc32)c1. The Hall–Kier alpha value is -1.00. The summed E-state index contributed by atoms with van der Waals surface area (Å²) >= 11 is 6.84. The van der Waals surface area contributed by atoms with Crippen LogP contribution < -0.4 is 0 Å². The highest BCUT2D eigenvalue weighted by molar-refractivity contribution is 9.10. The summed E-state index contributed by atoms with van der Waals surface area (Å²) in [5, 5.41) is 2.19. The van der Waals surface area contributed by atoms with Crippen LogP contribution in [0.15, 0.2) is 45.6 Å². The van der Waals surface area contributed by atoms with Gasteiger partial charge in [-0.2, -0.15) is 0 Å². The van der Waals surface area contributed by atoms with Crippen molar-refractivity contribution in [2.75, 3.05) is 0 Å². The van der Waals surface area contributed by atoms with Crippen LogP contribution in [-0.2, 0) is 0 Å². The third kappa shape index (κ3) is 1.62. The van der Waals surface area contributed by atoms with Crippen molar-refractivity contribution < 1.29 is 0 Å². The van der Waals surface area contributed by atoms with Gasteiger partial charge >= 0.3 is 0 Å². The average Bonchev–Trinajstić information content (AvgIpc) is 2.28. The van der Waals surface area contributed by atoms with Gasteiger partial charge in [-0.25, -0.2) is 0 Å². The van der Waals surface area contributed by atoms with Crippen LogP contribution in [-0.4, -0.2) is 9.97 Å². The molecule has 0 aliphatic rings. The molecule has 0 spiro atoms. The molecule has 2 heterocycles. The highest BCUT2D eigenvalue weighted by atomic mass is 79.9. The van der Waals surface area contributed by atoms with Gasteiger partial charge in [0.1, 0.15) is 0 Å². The maximum absolute atomic E-state index is 4.41. The summed E-state index contributed by atoms with van der Waals surface area (Å²) in [6.45, 7) is 0. The molecule has 0 saturated heterocycles. The quantitative estimate of drug-likeness (QED) is 0.571. The molecular weight excluding hydrogens is 332 g/mol. The van der Waals surface area contributed by atoms with Crippen molar-refractivity contribution in [3.05, 3.63) is 45.6 Å². The minimum Gasteiger partial charge on any atom is -0.253 e. The lowest BCUT2D eigenvalue weighted by Gasteiger charge is -2.02. The molecule has 0 bridgehead atoms. The van der Waals surface area contributed by atoms with Gasteiger partial charge in [-0.05, 0) is 44.0 Å². The smallest absolute Gasteiger partial charge is 0.0965 e. The second-order valence-electron chi connectivity index (χ2n) is 3.52. The molecule has 2 nitrogen and oxygen atoms in total. The fourth-order valence-electron chi connectivity index (χ4n) is 1.74. The lowest BCUT2D eigenvalue weighted by molar-refractivity contribution is 1.35. The van der Waals surface area contributed by atoms with Gasteiger partial charge in [-0.3, -0.25) is 9.97 Å². The van der Waals surface area contributed by atoms with Gasteiger partial charge in [-0.15, -0.1) is 0 Å². The number of hydrogen-bond acceptors (Lipinski definition) is 2. The van der Waals surface area contributed by atoms with Gasteiger partial charge in [0, 0.05) is 32.1 Å². The normalized spacial score (nSPS) is 11.1. The predicted molar refractivity (Wildman–Crippen MR) is 72.4 cm³/mol. The summed E-state index contributed by atoms with van der Waals surface area (Å²) in [5.41, 5.74) is 1.88. The molecule has 78 valence electrons. The Bertz CT molecular complexity index is 634. The first-order valence-corrected chi connectivity index (χ1v) is 6.32. The molecule has 4 heteroatoms. The second-order valence-corrected chi connectivity index (χ2v) is 5.35. The Balaban J connectivity index is 2.50. The van der Waals surface area contributed by atoms with Crippen molar-refractivity contribution in [3.63, 3.8) is 0 Å². The number of fused-ring (bicyclic) bond motifs is 3. The van der Waals surface area contributed by atoms with Crippen LogP contribution in [0.4, 0.5) is 0 Å². The van der Waals surface area contributed by atoms with Gasteiger partial charge in [0.15, 0.2) is 0 Å². The number of hydrogen-bond donors (Lipinski definition) is 0. The van der Waals surface area contributed by atoms with Gasteiger partial charge in [-0.1, -0.05) is 12.1 Å². The van der Waals surface area contributed by atoms with E-state index in [1.165, 1.54) is 0 Å². The number of benzene rings is 1. The zero-order valence-corrected chi connectivity index (χ0v) is 11.3. The van der Waals surface area contributed by atoms with Gasteiger partial charge in [0.2, 0.25) is 0 Å². The summed E-state index contributed by atoms with van der Waals surface area (Å²) in [4.78, 5) is 8.83. The molecule has 0 amide bonds. The predicted octanol–water partition coefficient (Wildman–Crippen LogP) is 4.31. The summed E-state index contributed by atoms with van der Waals surface area (Å²) in [7, 11) is 0. The van der Waals surface area contributed by atoms with E-state index in [9.17, 15) is 0 Å². The van der Waals surface area contributed by atoms with Crippen molar-refractivity contribution >= 4 is 53.7 Å². The van der Waals surface area contributed by atoms with Gasteiger partial charge in [0.25, 0.3) is 0 Å². The van der Waals surface area contributed by atoms with Crippen LogP contribution in [0, 0.1) is 0 Å². The van der Waals surface area contributed by atoms with Crippen molar-refractivity contribution in [1.29, 1.82) is 0 Å². The van der Waals surface area contributed by atoms with E-state index in [4.69, 9.17) is 0 Å². The molecular formula is C12H6Br2N2. The summed E-state index contributed by atoms with van der Waals surface area (Å²) < 4.78 is 1.97. The molecule has 0 saturated carbocycles. The molecule has 3 aromatic rings. The van der Waals surface area contributed by atoms with E-state index in [0.717, 1.165) is 30.8 Å². The minimum atomic E-state index is 0.938. The summed E-state index contributed by atoms with van der Waals surface area (Å²) in [6, 6.07) is 8.21. The van der Waals surface area contributed by atoms with E-state index < -0.39 is 0 Å². The molecule has 3 rings (SSSR count). The Morgan fingerprint density at radius 1 is 0.750 bits per heavy atom. The standard InChI is InChI=1S/C12H6Br2N2/c13-9-3-7-1-2-8-4-10(14)6-16-12(8)11(7)15-5-9/h1-6H. The number of rotatable bonds is 0. The lowest BCUT2D eigenvalue weighted by atomic mass is 10.1. The number of halogens is 2. The fourth-order valence-corrected chi connectivity index (χ4v) is 2.44. The topological polar surface area (TPSA) is 25.8 Å². The van der Waals surface area contributed by atoms with E-state index in [1.807, 2.05) is 12.1 Å². The van der Waals surface area contributed by atoms with E-state index in [1.54, 1.807) is 12.4 Å². The highest BCUT2D eigenvalue weighted by Crippen LogP contribution is 2.25. The fraction of sp³-hybridized carbons (Fsp3) is 0. The van der Waals surface area contributed by atoms with Crippen LogP contribution in [0.3, 0.4) is 0 Å². The Morgan fingerprint density at radius 3 is 1.62 bits per heavy atom. The van der Waals surface area contributed by atoms with E-state index in [-0.39, 0.29) is 0 Å². The highest BCUT2D eigenvalue weighted by Gasteiger charge is 2.03. The van der Waals surface area contributed by atoms with Crippen molar-refractivity contribution in [2.45, 2.75) is 0 Å². The summed E-state index contributed by atoms with van der Waals surface area (Å²) in [5.74, 6) is 0. The molecule has 1 aromatic carbocycles. The molecule has 0 fully saturated rings. The average molecular weight is 338 g/mol. The largest absolute Gasteiger partial charge is 0.253 e. The number of pyridine rings is 2. The van der Waals surface area contributed by atoms with Crippen LogP contribution in [0.5, 0.6) is 0 Å².